The molecular weight excluding hydrogens is 378 g/mol. The van der Waals surface area contributed by atoms with Gasteiger partial charge in [0.15, 0.2) is 0 Å². The Kier molecular flexibility index (Phi) is 5.27. The molecule has 0 bridgehead atoms. The standard InChI is InChI=1S/C17H16ClN3O2S2/c1-12(13-5-3-2-4-6-13)20-16-9-7-14(11-19-16)21-25(22,23)17-10-8-15(18)24-17/h2-12,21H,1H3,(H,19,20). The molecule has 0 spiro atoms. The Hall–Kier alpha value is -2.09. The highest BCUT2D eigenvalue weighted by Gasteiger charge is 2.17. The molecule has 0 saturated carbocycles. The van der Waals surface area contributed by atoms with E-state index in [-0.39, 0.29) is 10.3 Å². The van der Waals surface area contributed by atoms with E-state index >= 15 is 0 Å². The summed E-state index contributed by atoms with van der Waals surface area (Å²) in [7, 11) is -3.65. The van der Waals surface area contributed by atoms with Crippen LogP contribution in [0.4, 0.5) is 11.5 Å². The largest absolute Gasteiger partial charge is 0.364 e. The summed E-state index contributed by atoms with van der Waals surface area (Å²) in [6.07, 6.45) is 1.48. The summed E-state index contributed by atoms with van der Waals surface area (Å²) in [5.41, 5.74) is 1.53. The number of anilines is 2. The molecule has 1 atom stereocenters. The van der Waals surface area contributed by atoms with Crippen molar-refractivity contribution < 1.29 is 8.42 Å². The second-order valence-electron chi connectivity index (χ2n) is 5.37. The number of sulfonamides is 1. The number of hydrogen-bond acceptors (Lipinski definition) is 5. The molecule has 2 heterocycles. The van der Waals surface area contributed by atoms with Crippen molar-refractivity contribution in [1.82, 2.24) is 4.98 Å². The van der Waals surface area contributed by atoms with Crippen LogP contribution in [-0.4, -0.2) is 13.4 Å². The third-order valence-electron chi connectivity index (χ3n) is 3.49. The number of nitrogens with zero attached hydrogens (tertiary/aromatic N) is 1. The van der Waals surface area contributed by atoms with Crippen LogP contribution in [0, 0.1) is 0 Å². The normalized spacial score (nSPS) is 12.6. The lowest BCUT2D eigenvalue weighted by molar-refractivity contribution is 0.603. The van der Waals surface area contributed by atoms with Gasteiger partial charge in [-0.1, -0.05) is 41.9 Å². The quantitative estimate of drug-likeness (QED) is 0.632. The van der Waals surface area contributed by atoms with Crippen molar-refractivity contribution in [2.45, 2.75) is 17.2 Å². The van der Waals surface area contributed by atoms with Crippen LogP contribution in [0.2, 0.25) is 4.34 Å². The first-order valence-electron chi connectivity index (χ1n) is 7.50. The van der Waals surface area contributed by atoms with Crippen molar-refractivity contribution in [1.29, 1.82) is 0 Å². The highest BCUT2D eigenvalue weighted by molar-refractivity contribution is 7.94. The van der Waals surface area contributed by atoms with Gasteiger partial charge in [0.2, 0.25) is 0 Å². The third-order valence-corrected chi connectivity index (χ3v) is 6.60. The second kappa shape index (κ2) is 7.43. The van der Waals surface area contributed by atoms with Crippen molar-refractivity contribution >= 4 is 44.5 Å². The van der Waals surface area contributed by atoms with Gasteiger partial charge in [-0.15, -0.1) is 11.3 Å². The van der Waals surface area contributed by atoms with E-state index in [9.17, 15) is 8.42 Å². The zero-order chi connectivity index (χ0) is 17.9. The topological polar surface area (TPSA) is 71.1 Å². The molecule has 2 N–H and O–H groups in total. The highest BCUT2D eigenvalue weighted by Crippen LogP contribution is 2.27. The average Bonchev–Trinajstić information content (AvgIpc) is 3.05. The van der Waals surface area contributed by atoms with Gasteiger partial charge in [0.1, 0.15) is 10.0 Å². The Morgan fingerprint density at radius 3 is 2.44 bits per heavy atom. The Labute approximate surface area is 155 Å². The van der Waals surface area contributed by atoms with Gasteiger partial charge in [-0.25, -0.2) is 13.4 Å². The number of hydrogen-bond donors (Lipinski definition) is 2. The summed E-state index contributed by atoms with van der Waals surface area (Å²) in [5.74, 6) is 0.665. The summed E-state index contributed by atoms with van der Waals surface area (Å²) in [4.78, 5) is 4.27. The third kappa shape index (κ3) is 4.50. The Morgan fingerprint density at radius 1 is 1.08 bits per heavy atom. The number of thiophene rings is 1. The molecule has 0 amide bonds. The van der Waals surface area contributed by atoms with Crippen molar-refractivity contribution in [2.75, 3.05) is 10.0 Å². The van der Waals surface area contributed by atoms with E-state index in [1.165, 1.54) is 12.3 Å². The first-order chi connectivity index (χ1) is 11.9. The second-order valence-corrected chi connectivity index (χ2v) is 9.00. The number of benzene rings is 1. The molecule has 25 heavy (non-hydrogen) atoms. The first kappa shape index (κ1) is 17.7. The Balaban J connectivity index is 1.68. The Morgan fingerprint density at radius 2 is 1.84 bits per heavy atom. The van der Waals surface area contributed by atoms with Crippen molar-refractivity contribution in [3.05, 3.63) is 70.7 Å². The molecule has 130 valence electrons. The van der Waals surface area contributed by atoms with E-state index in [1.54, 1.807) is 18.2 Å². The minimum Gasteiger partial charge on any atom is -0.364 e. The monoisotopic (exact) mass is 393 g/mol. The number of aromatic nitrogens is 1. The van der Waals surface area contributed by atoms with Crippen LogP contribution in [0.1, 0.15) is 18.5 Å². The molecule has 5 nitrogen and oxygen atoms in total. The number of pyridine rings is 1. The maximum Gasteiger partial charge on any atom is 0.271 e. The molecule has 0 aliphatic heterocycles. The first-order valence-corrected chi connectivity index (χ1v) is 10.2. The van der Waals surface area contributed by atoms with E-state index in [1.807, 2.05) is 37.3 Å². The van der Waals surface area contributed by atoms with Gasteiger partial charge in [-0.2, -0.15) is 0 Å². The molecule has 0 aliphatic carbocycles. The molecule has 8 heteroatoms. The van der Waals surface area contributed by atoms with Crippen LogP contribution in [0.5, 0.6) is 0 Å². The van der Waals surface area contributed by atoms with Crippen LogP contribution in [0.25, 0.3) is 0 Å². The van der Waals surface area contributed by atoms with Gasteiger partial charge in [0.05, 0.1) is 16.2 Å². The molecule has 2 aromatic heterocycles. The fourth-order valence-electron chi connectivity index (χ4n) is 2.23. The fraction of sp³-hybridized carbons (Fsp3) is 0.118. The molecule has 1 aromatic carbocycles. The van der Waals surface area contributed by atoms with Crippen molar-refractivity contribution in [2.24, 2.45) is 0 Å². The van der Waals surface area contributed by atoms with Crippen molar-refractivity contribution in [3.8, 4) is 0 Å². The number of halogens is 1. The molecule has 3 aromatic rings. The SMILES string of the molecule is CC(Nc1ccc(NS(=O)(=O)c2ccc(Cl)s2)cn1)c1ccccc1. The number of nitrogens with one attached hydrogen (secondary N) is 2. The molecule has 0 radical (unpaired) electrons. The molecule has 0 saturated heterocycles. The minimum absolute atomic E-state index is 0.0875. The fourth-order valence-corrected chi connectivity index (χ4v) is 4.76. The lowest BCUT2D eigenvalue weighted by Gasteiger charge is -2.15. The van der Waals surface area contributed by atoms with E-state index in [0.717, 1.165) is 16.9 Å². The van der Waals surface area contributed by atoms with Crippen LogP contribution < -0.4 is 10.0 Å². The van der Waals surface area contributed by atoms with Gasteiger partial charge in [0, 0.05) is 6.04 Å². The zero-order valence-electron chi connectivity index (χ0n) is 13.3. The molecule has 0 aliphatic rings. The summed E-state index contributed by atoms with van der Waals surface area (Å²) in [6, 6.07) is 16.5. The molecule has 3 rings (SSSR count). The van der Waals surface area contributed by atoms with E-state index < -0.39 is 10.0 Å². The molecule has 0 fully saturated rings. The maximum atomic E-state index is 12.3. The number of rotatable bonds is 6. The van der Waals surface area contributed by atoms with Gasteiger partial charge >= 0.3 is 0 Å². The molecular formula is C17H16ClN3O2S2. The van der Waals surface area contributed by atoms with Gasteiger partial charge in [-0.05, 0) is 36.8 Å². The van der Waals surface area contributed by atoms with Gasteiger partial charge in [-0.3, -0.25) is 4.72 Å². The Bertz CT molecular complexity index is 942. The van der Waals surface area contributed by atoms with Gasteiger partial charge in [0.25, 0.3) is 10.0 Å². The van der Waals surface area contributed by atoms with Gasteiger partial charge < -0.3 is 5.32 Å². The smallest absolute Gasteiger partial charge is 0.271 e. The van der Waals surface area contributed by atoms with Crippen molar-refractivity contribution in [3.63, 3.8) is 0 Å². The van der Waals surface area contributed by atoms with E-state index in [4.69, 9.17) is 11.6 Å². The van der Waals surface area contributed by atoms with E-state index in [0.29, 0.717) is 15.8 Å². The minimum atomic E-state index is -3.65. The lowest BCUT2D eigenvalue weighted by Crippen LogP contribution is -2.12. The summed E-state index contributed by atoms with van der Waals surface area (Å²) >= 11 is 6.80. The predicted molar refractivity (Wildman–Crippen MR) is 103 cm³/mol. The predicted octanol–water partition coefficient (Wildman–Crippen LogP) is 4.77. The summed E-state index contributed by atoms with van der Waals surface area (Å²) in [6.45, 7) is 2.04. The lowest BCUT2D eigenvalue weighted by atomic mass is 10.1. The van der Waals surface area contributed by atoms with Crippen LogP contribution >= 0.6 is 22.9 Å². The van der Waals surface area contributed by atoms with Crippen LogP contribution in [0.3, 0.4) is 0 Å². The average molecular weight is 394 g/mol. The van der Waals surface area contributed by atoms with Crippen LogP contribution in [-0.2, 0) is 10.0 Å². The summed E-state index contributed by atoms with van der Waals surface area (Å²) < 4.78 is 27.6. The summed E-state index contributed by atoms with van der Waals surface area (Å²) in [5, 5.41) is 3.28. The van der Waals surface area contributed by atoms with Crippen LogP contribution in [0.15, 0.2) is 65.0 Å². The highest BCUT2D eigenvalue weighted by atomic mass is 35.5. The zero-order valence-corrected chi connectivity index (χ0v) is 15.7. The maximum absolute atomic E-state index is 12.3. The molecule has 1 unspecified atom stereocenters. The van der Waals surface area contributed by atoms with E-state index in [2.05, 4.69) is 15.0 Å².